The van der Waals surface area contributed by atoms with Gasteiger partial charge < -0.3 is 5.32 Å². The zero-order valence-electron chi connectivity index (χ0n) is 14.4. The van der Waals surface area contributed by atoms with E-state index in [1.807, 2.05) is 13.8 Å². The number of hydrogen-bond acceptors (Lipinski definition) is 3. The Balaban J connectivity index is 2.37. The molecule has 0 unspecified atom stereocenters. The van der Waals surface area contributed by atoms with Crippen molar-refractivity contribution in [3.8, 4) is 0 Å². The second-order valence-corrected chi connectivity index (χ2v) is 8.00. The van der Waals surface area contributed by atoms with Gasteiger partial charge in [-0.1, -0.05) is 13.8 Å². The number of nitrogens with zero attached hydrogens (tertiary/aromatic N) is 1. The molecule has 0 bridgehead atoms. The molecule has 1 N–H and O–H groups in total. The molecule has 0 atom stereocenters. The van der Waals surface area contributed by atoms with E-state index < -0.39 is 34.1 Å². The highest BCUT2D eigenvalue weighted by Crippen LogP contribution is 2.24. The summed E-state index contributed by atoms with van der Waals surface area (Å²) in [5, 5.41) is 2.65. The van der Waals surface area contributed by atoms with Crippen LogP contribution in [0, 0.1) is 17.6 Å². The molecule has 0 aliphatic heterocycles. The Kier molecular flexibility index (Phi) is 6.31. The number of halogens is 2. The maximum absolute atomic E-state index is 13.2. The average Bonchev–Trinajstić information content (AvgIpc) is 2.59. The van der Waals surface area contributed by atoms with Crippen LogP contribution >= 0.6 is 0 Å². The molecule has 8 heteroatoms. The SMILES string of the molecule is CC(C)CNC(=O)CN(c1ccc(F)cc1)S(=O)(=O)c1ccc(F)cc1. The molecule has 2 aromatic carbocycles. The van der Waals surface area contributed by atoms with Gasteiger partial charge in [-0.25, -0.2) is 17.2 Å². The largest absolute Gasteiger partial charge is 0.354 e. The van der Waals surface area contributed by atoms with Crippen LogP contribution in [0.2, 0.25) is 0 Å². The Morgan fingerprint density at radius 1 is 1.00 bits per heavy atom. The molecule has 1 amide bonds. The van der Waals surface area contributed by atoms with Gasteiger partial charge in [-0.15, -0.1) is 0 Å². The summed E-state index contributed by atoms with van der Waals surface area (Å²) in [7, 11) is -4.13. The van der Waals surface area contributed by atoms with Crippen molar-refractivity contribution in [3.05, 3.63) is 60.2 Å². The quantitative estimate of drug-likeness (QED) is 0.801. The van der Waals surface area contributed by atoms with E-state index in [0.29, 0.717) is 6.54 Å². The third-order valence-electron chi connectivity index (χ3n) is 3.51. The van der Waals surface area contributed by atoms with Gasteiger partial charge in [0.05, 0.1) is 10.6 Å². The molecule has 0 fully saturated rings. The predicted octanol–water partition coefficient (Wildman–Crippen LogP) is 2.93. The van der Waals surface area contributed by atoms with Crippen molar-refractivity contribution >= 4 is 21.6 Å². The fraction of sp³-hybridized carbons (Fsp3) is 0.278. The molecule has 0 saturated heterocycles. The molecule has 2 aromatic rings. The Bertz CT molecular complexity index is 851. The topological polar surface area (TPSA) is 66.5 Å². The summed E-state index contributed by atoms with van der Waals surface area (Å²) in [6.07, 6.45) is 0. The van der Waals surface area contributed by atoms with E-state index in [0.717, 1.165) is 40.7 Å². The minimum Gasteiger partial charge on any atom is -0.354 e. The predicted molar refractivity (Wildman–Crippen MR) is 95.2 cm³/mol. The molecule has 0 heterocycles. The molecule has 0 aliphatic carbocycles. The summed E-state index contributed by atoms with van der Waals surface area (Å²) in [4.78, 5) is 12.0. The average molecular weight is 382 g/mol. The van der Waals surface area contributed by atoms with E-state index in [-0.39, 0.29) is 16.5 Å². The van der Waals surface area contributed by atoms with Gasteiger partial charge in [0.25, 0.3) is 10.0 Å². The number of carbonyl (C=O) groups excluding carboxylic acids is 1. The van der Waals surface area contributed by atoms with Crippen LogP contribution in [0.3, 0.4) is 0 Å². The van der Waals surface area contributed by atoms with Crippen LogP contribution in [0.15, 0.2) is 53.4 Å². The Labute approximate surface area is 151 Å². The van der Waals surface area contributed by atoms with Crippen LogP contribution in [-0.2, 0) is 14.8 Å². The van der Waals surface area contributed by atoms with Gasteiger partial charge in [-0.05, 0) is 54.4 Å². The lowest BCUT2D eigenvalue weighted by Crippen LogP contribution is -2.41. The first-order valence-electron chi connectivity index (χ1n) is 8.00. The molecular formula is C18H20F2N2O3S. The number of sulfonamides is 1. The maximum atomic E-state index is 13.2. The number of benzene rings is 2. The summed E-state index contributed by atoms with van der Waals surface area (Å²) in [6.45, 7) is 3.74. The van der Waals surface area contributed by atoms with Gasteiger partial charge in [0.2, 0.25) is 5.91 Å². The first-order chi connectivity index (χ1) is 12.2. The molecular weight excluding hydrogens is 362 g/mol. The molecule has 140 valence electrons. The Hall–Kier alpha value is -2.48. The third-order valence-corrected chi connectivity index (χ3v) is 5.30. The van der Waals surface area contributed by atoms with E-state index >= 15 is 0 Å². The highest BCUT2D eigenvalue weighted by molar-refractivity contribution is 7.92. The van der Waals surface area contributed by atoms with Gasteiger partial charge in [0.15, 0.2) is 0 Å². The summed E-state index contributed by atoms with van der Waals surface area (Å²) >= 11 is 0. The highest BCUT2D eigenvalue weighted by Gasteiger charge is 2.27. The molecule has 2 rings (SSSR count). The van der Waals surface area contributed by atoms with Crippen LogP contribution in [0.4, 0.5) is 14.5 Å². The van der Waals surface area contributed by atoms with Crippen molar-refractivity contribution in [1.29, 1.82) is 0 Å². The van der Waals surface area contributed by atoms with E-state index in [4.69, 9.17) is 0 Å². The molecule has 5 nitrogen and oxygen atoms in total. The van der Waals surface area contributed by atoms with Crippen LogP contribution in [0.1, 0.15) is 13.8 Å². The molecule has 0 saturated carbocycles. The smallest absolute Gasteiger partial charge is 0.264 e. The van der Waals surface area contributed by atoms with E-state index in [1.165, 1.54) is 12.1 Å². The van der Waals surface area contributed by atoms with Crippen molar-refractivity contribution in [2.75, 3.05) is 17.4 Å². The van der Waals surface area contributed by atoms with Gasteiger partial charge >= 0.3 is 0 Å². The maximum Gasteiger partial charge on any atom is 0.264 e. The minimum absolute atomic E-state index is 0.135. The fourth-order valence-electron chi connectivity index (χ4n) is 2.16. The number of rotatable bonds is 7. The second-order valence-electron chi connectivity index (χ2n) is 6.14. The molecule has 26 heavy (non-hydrogen) atoms. The van der Waals surface area contributed by atoms with Crippen LogP contribution in [0.5, 0.6) is 0 Å². The van der Waals surface area contributed by atoms with Crippen LogP contribution in [-0.4, -0.2) is 27.4 Å². The van der Waals surface area contributed by atoms with Crippen molar-refractivity contribution < 1.29 is 22.0 Å². The summed E-state index contributed by atoms with van der Waals surface area (Å²) in [5.41, 5.74) is 0.135. The zero-order valence-corrected chi connectivity index (χ0v) is 15.3. The van der Waals surface area contributed by atoms with Crippen molar-refractivity contribution in [2.45, 2.75) is 18.7 Å². The number of hydrogen-bond donors (Lipinski definition) is 1. The van der Waals surface area contributed by atoms with Crippen LogP contribution in [0.25, 0.3) is 0 Å². The number of nitrogens with one attached hydrogen (secondary N) is 1. The van der Waals surface area contributed by atoms with E-state index in [1.54, 1.807) is 0 Å². The van der Waals surface area contributed by atoms with Crippen molar-refractivity contribution in [3.63, 3.8) is 0 Å². The number of amides is 1. The standard InChI is InChI=1S/C18H20F2N2O3S/c1-13(2)11-21-18(23)12-22(16-7-3-14(19)4-8-16)26(24,25)17-9-5-15(20)6-10-17/h3-10,13H,11-12H2,1-2H3,(H,21,23). The van der Waals surface area contributed by atoms with E-state index in [9.17, 15) is 22.0 Å². The highest BCUT2D eigenvalue weighted by atomic mass is 32.2. The minimum atomic E-state index is -4.13. The first-order valence-corrected chi connectivity index (χ1v) is 9.44. The van der Waals surface area contributed by atoms with Gasteiger partial charge in [-0.2, -0.15) is 0 Å². The lowest BCUT2D eigenvalue weighted by molar-refractivity contribution is -0.119. The first kappa shape index (κ1) is 19.8. The fourth-order valence-corrected chi connectivity index (χ4v) is 3.58. The van der Waals surface area contributed by atoms with Crippen molar-refractivity contribution in [2.24, 2.45) is 5.92 Å². The lowest BCUT2D eigenvalue weighted by atomic mass is 10.2. The monoisotopic (exact) mass is 382 g/mol. The summed E-state index contributed by atoms with van der Waals surface area (Å²) in [5.74, 6) is -1.40. The van der Waals surface area contributed by atoms with Crippen LogP contribution < -0.4 is 9.62 Å². The van der Waals surface area contributed by atoms with Crippen molar-refractivity contribution in [1.82, 2.24) is 5.32 Å². The summed E-state index contributed by atoms with van der Waals surface area (Å²) in [6, 6.07) is 9.03. The molecule has 0 aliphatic rings. The van der Waals surface area contributed by atoms with Gasteiger partial charge in [0, 0.05) is 6.54 Å². The normalized spacial score (nSPS) is 11.4. The Morgan fingerprint density at radius 3 is 2.00 bits per heavy atom. The van der Waals surface area contributed by atoms with E-state index in [2.05, 4.69) is 5.32 Å². The molecule has 0 aromatic heterocycles. The second kappa shape index (κ2) is 8.27. The lowest BCUT2D eigenvalue weighted by Gasteiger charge is -2.24. The third kappa shape index (κ3) is 5.01. The molecule has 0 radical (unpaired) electrons. The number of carbonyl (C=O) groups is 1. The zero-order chi connectivity index (χ0) is 19.3. The Morgan fingerprint density at radius 2 is 1.50 bits per heavy atom. The number of anilines is 1. The van der Waals surface area contributed by atoms with Gasteiger partial charge in [0.1, 0.15) is 18.2 Å². The molecule has 0 spiro atoms. The van der Waals surface area contributed by atoms with Gasteiger partial charge in [-0.3, -0.25) is 9.10 Å². The summed E-state index contributed by atoms with van der Waals surface area (Å²) < 4.78 is 53.0.